The van der Waals surface area contributed by atoms with E-state index in [1.54, 1.807) is 0 Å². The Balaban J connectivity index is 1.50. The number of alkyl halides is 3. The molecular weight excluding hydrogens is 407 g/mol. The molecule has 4 rings (SSSR count). The van der Waals surface area contributed by atoms with Crippen LogP contribution in [-0.4, -0.2) is 62.9 Å². The average Bonchev–Trinajstić information content (AvgIpc) is 3.05. The van der Waals surface area contributed by atoms with Crippen LogP contribution in [0.5, 0.6) is 5.75 Å². The molecule has 1 fully saturated rings. The van der Waals surface area contributed by atoms with Gasteiger partial charge in [-0.25, -0.2) is 0 Å². The van der Waals surface area contributed by atoms with Crippen LogP contribution in [0.15, 0.2) is 18.2 Å². The number of ether oxygens (including phenoxy) is 1. The van der Waals surface area contributed by atoms with E-state index in [-0.39, 0.29) is 12.3 Å². The van der Waals surface area contributed by atoms with Gasteiger partial charge in [-0.2, -0.15) is 13.2 Å². The first-order valence-corrected chi connectivity index (χ1v) is 11.0. The van der Waals surface area contributed by atoms with Crippen LogP contribution in [0.25, 0.3) is 5.57 Å². The minimum absolute atomic E-state index is 0.0711. The largest absolute Gasteiger partial charge is 0.492 e. The van der Waals surface area contributed by atoms with Crippen molar-refractivity contribution in [1.29, 1.82) is 0 Å². The first-order chi connectivity index (χ1) is 14.8. The van der Waals surface area contributed by atoms with Crippen LogP contribution in [-0.2, 0) is 6.42 Å². The van der Waals surface area contributed by atoms with Crippen molar-refractivity contribution in [2.75, 3.05) is 38.6 Å². The SMILES string of the molecule is CC1CC(NCC(F)(F)F)NC(Nc2cc3c(c(C4=CCN(C)CCC4)c2)OCC3)N1. The molecule has 1 aromatic carbocycles. The van der Waals surface area contributed by atoms with E-state index in [1.807, 2.05) is 6.92 Å². The third-order valence-electron chi connectivity index (χ3n) is 6.03. The fourth-order valence-electron chi connectivity index (χ4n) is 4.53. The van der Waals surface area contributed by atoms with Gasteiger partial charge in [-0.3, -0.25) is 16.0 Å². The smallest absolute Gasteiger partial charge is 0.401 e. The molecule has 0 spiro atoms. The van der Waals surface area contributed by atoms with E-state index in [9.17, 15) is 13.2 Å². The summed E-state index contributed by atoms with van der Waals surface area (Å²) in [6.07, 6.45) is 0.831. The van der Waals surface area contributed by atoms with Crippen LogP contribution < -0.4 is 26.0 Å². The fourth-order valence-corrected chi connectivity index (χ4v) is 4.53. The molecule has 0 saturated carbocycles. The van der Waals surface area contributed by atoms with E-state index < -0.39 is 18.9 Å². The van der Waals surface area contributed by atoms with Crippen molar-refractivity contribution >= 4 is 11.3 Å². The number of halogens is 3. The third kappa shape index (κ3) is 5.91. The minimum Gasteiger partial charge on any atom is -0.492 e. The summed E-state index contributed by atoms with van der Waals surface area (Å²) in [5, 5.41) is 12.6. The number of hydrogen-bond acceptors (Lipinski definition) is 6. The van der Waals surface area contributed by atoms with Gasteiger partial charge in [-0.1, -0.05) is 6.08 Å². The number of likely N-dealkylation sites (N-methyl/N-ethyl adjacent to an activating group) is 1. The van der Waals surface area contributed by atoms with Crippen LogP contribution in [0.2, 0.25) is 0 Å². The first-order valence-electron chi connectivity index (χ1n) is 11.0. The Morgan fingerprint density at radius 2 is 2.06 bits per heavy atom. The van der Waals surface area contributed by atoms with Gasteiger partial charge >= 0.3 is 6.18 Å². The van der Waals surface area contributed by atoms with Crippen molar-refractivity contribution in [2.45, 2.75) is 57.3 Å². The quantitative estimate of drug-likeness (QED) is 0.566. The number of rotatable bonds is 5. The van der Waals surface area contributed by atoms with E-state index in [1.165, 1.54) is 11.1 Å². The molecule has 31 heavy (non-hydrogen) atoms. The summed E-state index contributed by atoms with van der Waals surface area (Å²) < 4.78 is 43.8. The lowest BCUT2D eigenvalue weighted by atomic mass is 9.96. The molecule has 0 bridgehead atoms. The standard InChI is InChI=1S/C22H32F3N5O/c1-14-10-19(26-13-22(23,24)25)29-21(27-14)28-17-11-16-6-9-31-20(16)18(12-17)15-4-3-7-30(2)8-5-15/h5,11-12,14,19,21,26-29H,3-4,6-10,13H2,1-2H3. The highest BCUT2D eigenvalue weighted by Crippen LogP contribution is 2.39. The van der Waals surface area contributed by atoms with Gasteiger partial charge < -0.3 is 15.0 Å². The van der Waals surface area contributed by atoms with E-state index in [0.29, 0.717) is 13.0 Å². The van der Waals surface area contributed by atoms with Gasteiger partial charge in [0.25, 0.3) is 0 Å². The summed E-state index contributed by atoms with van der Waals surface area (Å²) in [7, 11) is 2.13. The molecule has 0 aliphatic carbocycles. The van der Waals surface area contributed by atoms with Gasteiger partial charge in [-0.15, -0.1) is 0 Å². The molecule has 0 radical (unpaired) electrons. The zero-order valence-corrected chi connectivity index (χ0v) is 18.1. The molecule has 3 unspecified atom stereocenters. The molecule has 3 atom stereocenters. The highest BCUT2D eigenvalue weighted by atomic mass is 19.4. The number of benzene rings is 1. The van der Waals surface area contributed by atoms with Crippen molar-refractivity contribution in [3.63, 3.8) is 0 Å². The maximum atomic E-state index is 12.6. The third-order valence-corrected chi connectivity index (χ3v) is 6.03. The lowest BCUT2D eigenvalue weighted by Gasteiger charge is -2.37. The van der Waals surface area contributed by atoms with E-state index >= 15 is 0 Å². The highest BCUT2D eigenvalue weighted by Gasteiger charge is 2.31. The Labute approximate surface area is 181 Å². The maximum Gasteiger partial charge on any atom is 0.401 e. The van der Waals surface area contributed by atoms with Gasteiger partial charge in [0.05, 0.1) is 19.3 Å². The normalized spacial score (nSPS) is 27.3. The monoisotopic (exact) mass is 439 g/mol. The highest BCUT2D eigenvalue weighted by molar-refractivity contribution is 5.76. The van der Waals surface area contributed by atoms with Gasteiger partial charge in [0.2, 0.25) is 0 Å². The molecule has 3 aliphatic heterocycles. The molecule has 1 saturated heterocycles. The van der Waals surface area contributed by atoms with Gasteiger partial charge in [-0.05, 0) is 57.5 Å². The second-order valence-corrected chi connectivity index (χ2v) is 8.80. The summed E-state index contributed by atoms with van der Waals surface area (Å²) in [6, 6.07) is 4.28. The van der Waals surface area contributed by atoms with E-state index in [0.717, 1.165) is 49.4 Å². The molecule has 9 heteroatoms. The molecule has 3 aliphatic rings. The van der Waals surface area contributed by atoms with Crippen molar-refractivity contribution < 1.29 is 17.9 Å². The number of hydrogen-bond donors (Lipinski definition) is 4. The lowest BCUT2D eigenvalue weighted by molar-refractivity contribution is -0.127. The fraction of sp³-hybridized carbons (Fsp3) is 0.636. The van der Waals surface area contributed by atoms with Gasteiger partial charge in [0.1, 0.15) is 12.0 Å². The van der Waals surface area contributed by atoms with E-state index in [4.69, 9.17) is 4.74 Å². The number of nitrogens with zero attached hydrogens (tertiary/aromatic N) is 1. The maximum absolute atomic E-state index is 12.6. The number of fused-ring (bicyclic) bond motifs is 1. The first kappa shape index (κ1) is 22.4. The Hall–Kier alpha value is -1.81. The summed E-state index contributed by atoms with van der Waals surface area (Å²) in [6.45, 7) is 3.64. The van der Waals surface area contributed by atoms with E-state index in [2.05, 4.69) is 51.4 Å². The predicted octanol–water partition coefficient (Wildman–Crippen LogP) is 2.88. The molecule has 6 nitrogen and oxygen atoms in total. The predicted molar refractivity (Wildman–Crippen MR) is 116 cm³/mol. The van der Waals surface area contributed by atoms with Crippen molar-refractivity contribution in [1.82, 2.24) is 20.9 Å². The summed E-state index contributed by atoms with van der Waals surface area (Å²) in [5.74, 6) is 0.976. The molecule has 4 N–H and O–H groups in total. The second kappa shape index (κ2) is 9.36. The Bertz CT molecular complexity index is 813. The number of allylic oxidation sites excluding steroid dienone is 1. The molecular formula is C22H32F3N5O. The van der Waals surface area contributed by atoms with Crippen LogP contribution >= 0.6 is 0 Å². The molecule has 1 aromatic rings. The average molecular weight is 440 g/mol. The summed E-state index contributed by atoms with van der Waals surface area (Å²) in [5.41, 5.74) is 4.54. The van der Waals surface area contributed by atoms with Crippen LogP contribution in [0.4, 0.5) is 18.9 Å². The zero-order valence-electron chi connectivity index (χ0n) is 18.1. The van der Waals surface area contributed by atoms with Gasteiger partial charge in [0.15, 0.2) is 0 Å². The molecule has 0 aromatic heterocycles. The Kier molecular flexibility index (Phi) is 6.76. The van der Waals surface area contributed by atoms with Gasteiger partial charge in [0, 0.05) is 35.8 Å². The minimum atomic E-state index is -4.23. The molecule has 3 heterocycles. The molecule has 172 valence electrons. The van der Waals surface area contributed by atoms with Crippen molar-refractivity contribution in [3.05, 3.63) is 29.3 Å². The number of anilines is 1. The lowest BCUT2D eigenvalue weighted by Crippen LogP contribution is -2.65. The Morgan fingerprint density at radius 3 is 2.87 bits per heavy atom. The van der Waals surface area contributed by atoms with Crippen LogP contribution in [0.3, 0.4) is 0 Å². The topological polar surface area (TPSA) is 60.6 Å². The number of nitrogens with one attached hydrogen (secondary N) is 4. The van der Waals surface area contributed by atoms with Crippen molar-refractivity contribution in [2.24, 2.45) is 0 Å². The molecule has 0 amide bonds. The summed E-state index contributed by atoms with van der Waals surface area (Å²) in [4.78, 5) is 2.31. The zero-order chi connectivity index (χ0) is 22.0. The second-order valence-electron chi connectivity index (χ2n) is 8.80. The van der Waals surface area contributed by atoms with Crippen LogP contribution in [0.1, 0.15) is 37.3 Å². The Morgan fingerprint density at radius 1 is 1.23 bits per heavy atom. The van der Waals surface area contributed by atoms with Crippen LogP contribution in [0, 0.1) is 0 Å². The van der Waals surface area contributed by atoms with Crippen molar-refractivity contribution in [3.8, 4) is 5.75 Å². The summed E-state index contributed by atoms with van der Waals surface area (Å²) >= 11 is 0.